The zero-order valence-electron chi connectivity index (χ0n) is 19.4. The van der Waals surface area contributed by atoms with Crippen LogP contribution in [0.4, 0.5) is 4.39 Å². The monoisotopic (exact) mass is 494 g/mol. The van der Waals surface area contributed by atoms with Gasteiger partial charge in [0.15, 0.2) is 0 Å². The Morgan fingerprint density at radius 2 is 1.89 bits per heavy atom. The van der Waals surface area contributed by atoms with Gasteiger partial charge in [-0.1, -0.05) is 30.3 Å². The summed E-state index contributed by atoms with van der Waals surface area (Å²) in [5, 5.41) is 0. The third-order valence-electron chi connectivity index (χ3n) is 6.03. The first kappa shape index (κ1) is 24.8. The van der Waals surface area contributed by atoms with Crippen molar-refractivity contribution in [3.63, 3.8) is 0 Å². The maximum atomic E-state index is 13.2. The summed E-state index contributed by atoms with van der Waals surface area (Å²) < 4.78 is 46.2. The summed E-state index contributed by atoms with van der Waals surface area (Å²) in [6.07, 6.45) is 8.51. The standard InChI is InChI=1S/C27H27FN2O4S/c1-34-27(31)7-3-2-6-26(21-5-4-14-29-18-21)20-9-8-19-16-24(17-22(19)15-20)30-35(32,33)25-12-10-23(28)11-13-25/h4-6,8-15,18,24,30H,2-3,7,16-17H2,1H3/b26-6-. The summed E-state index contributed by atoms with van der Waals surface area (Å²) in [6.45, 7) is 0. The quantitative estimate of drug-likeness (QED) is 0.351. The minimum absolute atomic E-state index is 0.0456. The summed E-state index contributed by atoms with van der Waals surface area (Å²) in [5.41, 5.74) is 5.17. The fourth-order valence-electron chi connectivity index (χ4n) is 4.29. The molecule has 182 valence electrons. The van der Waals surface area contributed by atoms with Gasteiger partial charge < -0.3 is 4.74 Å². The number of unbranched alkanes of at least 4 members (excludes halogenated alkanes) is 1. The number of methoxy groups -OCH3 is 1. The lowest BCUT2D eigenvalue weighted by Crippen LogP contribution is -2.35. The molecule has 0 fully saturated rings. The van der Waals surface area contributed by atoms with Crippen LogP contribution in [0.25, 0.3) is 5.57 Å². The molecular formula is C27H27FN2O4S. The molecule has 0 radical (unpaired) electrons. The minimum atomic E-state index is -3.75. The predicted molar refractivity (Wildman–Crippen MR) is 132 cm³/mol. The second kappa shape index (κ2) is 10.9. The number of esters is 1. The van der Waals surface area contributed by atoms with E-state index in [9.17, 15) is 17.6 Å². The SMILES string of the molecule is COC(=O)CCC/C=C(\c1cccnc1)c1ccc2c(c1)CC(NS(=O)(=O)c1ccc(F)cc1)C2. The normalized spacial score (nSPS) is 15.6. The van der Waals surface area contributed by atoms with E-state index in [1.165, 1.54) is 19.2 Å². The van der Waals surface area contributed by atoms with Crippen LogP contribution in [0.5, 0.6) is 0 Å². The van der Waals surface area contributed by atoms with E-state index >= 15 is 0 Å². The number of hydrogen-bond donors (Lipinski definition) is 1. The average molecular weight is 495 g/mol. The van der Waals surface area contributed by atoms with E-state index in [0.29, 0.717) is 32.1 Å². The Balaban J connectivity index is 1.52. The molecule has 0 saturated heterocycles. The fraction of sp³-hybridized carbons (Fsp3) is 0.259. The maximum Gasteiger partial charge on any atom is 0.305 e. The van der Waals surface area contributed by atoms with Gasteiger partial charge in [-0.25, -0.2) is 17.5 Å². The first-order chi connectivity index (χ1) is 16.9. The number of carbonyl (C=O) groups is 1. The van der Waals surface area contributed by atoms with Crippen molar-refractivity contribution < 1.29 is 22.3 Å². The van der Waals surface area contributed by atoms with Crippen molar-refractivity contribution in [2.45, 2.75) is 43.0 Å². The Hall–Kier alpha value is -3.36. The lowest BCUT2D eigenvalue weighted by molar-refractivity contribution is -0.140. The van der Waals surface area contributed by atoms with E-state index in [2.05, 4.69) is 21.8 Å². The van der Waals surface area contributed by atoms with E-state index < -0.39 is 15.8 Å². The molecule has 1 unspecified atom stereocenters. The smallest absolute Gasteiger partial charge is 0.305 e. The van der Waals surface area contributed by atoms with E-state index in [4.69, 9.17) is 4.74 Å². The number of rotatable bonds is 9. The second-order valence-corrected chi connectivity index (χ2v) is 10.2. The van der Waals surface area contributed by atoms with Gasteiger partial charge in [0, 0.05) is 30.4 Å². The molecule has 0 bridgehead atoms. The number of sulfonamides is 1. The van der Waals surface area contributed by atoms with Crippen LogP contribution in [0.15, 0.2) is 78.0 Å². The molecule has 1 N–H and O–H groups in total. The number of nitrogens with zero attached hydrogens (tertiary/aromatic N) is 1. The van der Waals surface area contributed by atoms with Crippen LogP contribution < -0.4 is 4.72 Å². The molecule has 2 aromatic carbocycles. The zero-order chi connectivity index (χ0) is 24.8. The lowest BCUT2D eigenvalue weighted by Gasteiger charge is -2.12. The van der Waals surface area contributed by atoms with Crippen molar-refractivity contribution in [2.75, 3.05) is 7.11 Å². The molecule has 0 aliphatic heterocycles. The molecule has 0 amide bonds. The van der Waals surface area contributed by atoms with Gasteiger partial charge in [-0.15, -0.1) is 0 Å². The van der Waals surface area contributed by atoms with Crippen molar-refractivity contribution in [1.29, 1.82) is 0 Å². The highest BCUT2D eigenvalue weighted by Crippen LogP contribution is 2.30. The Labute approximate surface area is 204 Å². The number of carbonyl (C=O) groups excluding carboxylic acids is 1. The van der Waals surface area contributed by atoms with Gasteiger partial charge in [0.25, 0.3) is 0 Å². The molecule has 1 aliphatic carbocycles. The van der Waals surface area contributed by atoms with Gasteiger partial charge in [0.1, 0.15) is 5.82 Å². The summed E-state index contributed by atoms with van der Waals surface area (Å²) >= 11 is 0. The number of aromatic nitrogens is 1. The Morgan fingerprint density at radius 1 is 1.11 bits per heavy atom. The molecule has 4 rings (SSSR count). The molecule has 0 spiro atoms. The topological polar surface area (TPSA) is 85.4 Å². The highest BCUT2D eigenvalue weighted by atomic mass is 32.2. The highest BCUT2D eigenvalue weighted by molar-refractivity contribution is 7.89. The Bertz CT molecular complexity index is 1320. The first-order valence-corrected chi connectivity index (χ1v) is 12.9. The van der Waals surface area contributed by atoms with Crippen LogP contribution in [-0.4, -0.2) is 32.5 Å². The van der Waals surface area contributed by atoms with Gasteiger partial charge >= 0.3 is 5.97 Å². The first-order valence-electron chi connectivity index (χ1n) is 11.4. The number of hydrogen-bond acceptors (Lipinski definition) is 5. The van der Waals surface area contributed by atoms with Crippen LogP contribution >= 0.6 is 0 Å². The average Bonchev–Trinajstić information content (AvgIpc) is 3.25. The molecule has 3 aromatic rings. The minimum Gasteiger partial charge on any atom is -0.469 e. The molecule has 1 heterocycles. The van der Waals surface area contributed by atoms with Crippen LogP contribution in [0.2, 0.25) is 0 Å². The van der Waals surface area contributed by atoms with E-state index in [1.807, 2.05) is 24.3 Å². The van der Waals surface area contributed by atoms with Gasteiger partial charge in [0.2, 0.25) is 10.0 Å². The molecule has 0 saturated carbocycles. The number of ether oxygens (including phenoxy) is 1. The summed E-state index contributed by atoms with van der Waals surface area (Å²) in [4.78, 5) is 15.7. The maximum absolute atomic E-state index is 13.2. The Morgan fingerprint density at radius 3 is 2.60 bits per heavy atom. The summed E-state index contributed by atoms with van der Waals surface area (Å²) in [5.74, 6) is -0.708. The van der Waals surface area contributed by atoms with Crippen LogP contribution in [0.3, 0.4) is 0 Å². The molecule has 1 atom stereocenters. The number of pyridine rings is 1. The number of nitrogens with one attached hydrogen (secondary N) is 1. The van der Waals surface area contributed by atoms with Crippen LogP contribution in [-0.2, 0) is 32.4 Å². The Kier molecular flexibility index (Phi) is 7.73. The van der Waals surface area contributed by atoms with Crippen molar-refractivity contribution in [3.05, 3.63) is 101 Å². The van der Waals surface area contributed by atoms with Gasteiger partial charge in [-0.2, -0.15) is 0 Å². The predicted octanol–water partition coefficient (Wildman–Crippen LogP) is 4.44. The summed E-state index contributed by atoms with van der Waals surface area (Å²) in [7, 11) is -2.36. The largest absolute Gasteiger partial charge is 0.469 e. The van der Waals surface area contributed by atoms with Crippen LogP contribution in [0.1, 0.15) is 41.5 Å². The number of allylic oxidation sites excluding steroid dienone is 1. The van der Waals surface area contributed by atoms with Gasteiger partial charge in [-0.05, 0) is 78.3 Å². The molecule has 1 aliphatic rings. The molecule has 1 aromatic heterocycles. The van der Waals surface area contributed by atoms with Crippen molar-refractivity contribution in [1.82, 2.24) is 9.71 Å². The van der Waals surface area contributed by atoms with Gasteiger partial charge in [0.05, 0.1) is 12.0 Å². The number of fused-ring (bicyclic) bond motifs is 1. The third-order valence-corrected chi connectivity index (χ3v) is 7.57. The van der Waals surface area contributed by atoms with Gasteiger partial charge in [-0.3, -0.25) is 9.78 Å². The number of benzene rings is 2. The third kappa shape index (κ3) is 6.21. The molecule has 35 heavy (non-hydrogen) atoms. The number of halogens is 1. The molecular weight excluding hydrogens is 467 g/mol. The van der Waals surface area contributed by atoms with E-state index in [-0.39, 0.29) is 16.9 Å². The summed E-state index contributed by atoms with van der Waals surface area (Å²) in [6, 6.07) is 14.6. The highest BCUT2D eigenvalue weighted by Gasteiger charge is 2.27. The lowest BCUT2D eigenvalue weighted by atomic mass is 9.95. The van der Waals surface area contributed by atoms with Crippen molar-refractivity contribution >= 4 is 21.6 Å². The van der Waals surface area contributed by atoms with E-state index in [0.717, 1.165) is 40.0 Å². The second-order valence-electron chi connectivity index (χ2n) is 8.49. The van der Waals surface area contributed by atoms with Crippen molar-refractivity contribution in [2.24, 2.45) is 0 Å². The zero-order valence-corrected chi connectivity index (χ0v) is 20.2. The fourth-order valence-corrected chi connectivity index (χ4v) is 5.53. The van der Waals surface area contributed by atoms with E-state index in [1.54, 1.807) is 12.4 Å². The molecule has 6 nitrogen and oxygen atoms in total. The molecule has 8 heteroatoms. The van der Waals surface area contributed by atoms with Crippen LogP contribution in [0, 0.1) is 5.82 Å². The van der Waals surface area contributed by atoms with Crippen molar-refractivity contribution in [3.8, 4) is 0 Å².